The van der Waals surface area contributed by atoms with Crippen molar-refractivity contribution in [3.05, 3.63) is 58.3 Å². The number of hydrogen-bond donors (Lipinski definition) is 4. The summed E-state index contributed by atoms with van der Waals surface area (Å²) in [5.41, 5.74) is 3.63. The number of imidazole rings is 1. The second-order valence-corrected chi connectivity index (χ2v) is 6.12. The van der Waals surface area contributed by atoms with E-state index in [4.69, 9.17) is 16.7 Å². The zero-order valence-electron chi connectivity index (χ0n) is 14.2. The second kappa shape index (κ2) is 7.05. The highest BCUT2D eigenvalue weighted by molar-refractivity contribution is 6.30. The minimum Gasteiger partial charge on any atom is -0.478 e. The zero-order chi connectivity index (χ0) is 18.8. The minimum atomic E-state index is -0.975. The van der Waals surface area contributed by atoms with Crippen molar-refractivity contribution in [2.24, 2.45) is 0 Å². The molecule has 0 atom stereocenters. The van der Waals surface area contributed by atoms with E-state index in [0.717, 1.165) is 5.56 Å². The molecule has 4 N–H and O–H groups in total. The van der Waals surface area contributed by atoms with Crippen LogP contribution in [-0.2, 0) is 6.42 Å². The molecule has 3 rings (SSSR count). The Morgan fingerprint density at radius 1 is 1.23 bits per heavy atom. The van der Waals surface area contributed by atoms with Crippen LogP contribution in [0, 0.1) is 6.92 Å². The molecule has 2 heterocycles. The molecule has 0 bridgehead atoms. The van der Waals surface area contributed by atoms with Crippen molar-refractivity contribution in [1.82, 2.24) is 15.0 Å². The molecule has 0 saturated carbocycles. The smallest absolute Gasteiger partial charge is 0.337 e. The molecule has 0 radical (unpaired) electrons. The van der Waals surface area contributed by atoms with Gasteiger partial charge in [0.2, 0.25) is 0 Å². The Labute approximate surface area is 154 Å². The van der Waals surface area contributed by atoms with Crippen LogP contribution in [-0.4, -0.2) is 31.9 Å². The van der Waals surface area contributed by atoms with Gasteiger partial charge in [-0.05, 0) is 37.1 Å². The van der Waals surface area contributed by atoms with Crippen LogP contribution in [0.2, 0.25) is 5.15 Å². The van der Waals surface area contributed by atoms with E-state index < -0.39 is 5.97 Å². The Hall–Kier alpha value is -3.06. The van der Waals surface area contributed by atoms with Crippen molar-refractivity contribution in [2.45, 2.75) is 20.3 Å². The first-order valence-corrected chi connectivity index (χ1v) is 8.36. The first kappa shape index (κ1) is 17.8. The number of rotatable bonds is 5. The van der Waals surface area contributed by atoms with Crippen molar-refractivity contribution in [2.75, 3.05) is 5.32 Å². The lowest BCUT2D eigenvalue weighted by Crippen LogP contribution is -2.13. The standard InChI is InChI=1S/C18H17ClN4O3/c1-3-13-15(19)23-16(22-13)17(24)21-11-6-4-10(5-7-11)14-8-12(18(25)26)9(2)20-14/h4-8,20H,3H2,1-2H3,(H,21,24)(H,22,23)(H,25,26). The molecular weight excluding hydrogens is 356 g/mol. The molecule has 134 valence electrons. The summed E-state index contributed by atoms with van der Waals surface area (Å²) in [6.45, 7) is 3.62. The lowest BCUT2D eigenvalue weighted by atomic mass is 10.1. The summed E-state index contributed by atoms with van der Waals surface area (Å²) in [4.78, 5) is 33.3. The van der Waals surface area contributed by atoms with Crippen LogP contribution >= 0.6 is 11.6 Å². The van der Waals surface area contributed by atoms with E-state index in [0.29, 0.717) is 34.3 Å². The maximum Gasteiger partial charge on any atom is 0.337 e. The van der Waals surface area contributed by atoms with Gasteiger partial charge in [-0.25, -0.2) is 9.78 Å². The summed E-state index contributed by atoms with van der Waals surface area (Å²) in [5.74, 6) is -1.21. The highest BCUT2D eigenvalue weighted by Gasteiger charge is 2.15. The number of carboxylic acids is 1. The molecule has 2 aromatic heterocycles. The number of aryl methyl sites for hydroxylation is 2. The summed E-state index contributed by atoms with van der Waals surface area (Å²) in [6.07, 6.45) is 0.654. The Kier molecular flexibility index (Phi) is 4.81. The fourth-order valence-corrected chi connectivity index (χ4v) is 2.85. The molecule has 1 aromatic carbocycles. The number of halogens is 1. The molecule has 8 heteroatoms. The third kappa shape index (κ3) is 3.48. The van der Waals surface area contributed by atoms with E-state index in [1.165, 1.54) is 0 Å². The number of nitrogens with zero attached hydrogens (tertiary/aromatic N) is 1. The number of amides is 1. The monoisotopic (exact) mass is 372 g/mol. The molecule has 0 saturated heterocycles. The fourth-order valence-electron chi connectivity index (χ4n) is 2.59. The number of hydrogen-bond acceptors (Lipinski definition) is 3. The molecule has 1 amide bonds. The van der Waals surface area contributed by atoms with Gasteiger partial charge >= 0.3 is 5.97 Å². The average Bonchev–Trinajstić information content (AvgIpc) is 3.18. The van der Waals surface area contributed by atoms with Gasteiger partial charge in [-0.1, -0.05) is 30.7 Å². The van der Waals surface area contributed by atoms with Crippen molar-refractivity contribution >= 4 is 29.2 Å². The first-order valence-electron chi connectivity index (χ1n) is 7.98. The van der Waals surface area contributed by atoms with E-state index in [2.05, 4.69) is 20.3 Å². The maximum absolute atomic E-state index is 12.2. The van der Waals surface area contributed by atoms with Crippen LogP contribution in [0.1, 0.15) is 39.3 Å². The van der Waals surface area contributed by atoms with E-state index in [1.807, 2.05) is 6.92 Å². The molecule has 0 aliphatic heterocycles. The third-order valence-electron chi connectivity index (χ3n) is 4.00. The lowest BCUT2D eigenvalue weighted by Gasteiger charge is -2.04. The fraction of sp³-hybridized carbons (Fsp3) is 0.167. The number of carboxylic acid groups (broad SMARTS) is 1. The number of carbonyl (C=O) groups excluding carboxylic acids is 1. The highest BCUT2D eigenvalue weighted by Crippen LogP contribution is 2.24. The molecule has 0 unspecified atom stereocenters. The number of aromatic nitrogens is 3. The zero-order valence-corrected chi connectivity index (χ0v) is 14.9. The van der Waals surface area contributed by atoms with E-state index in [9.17, 15) is 9.59 Å². The number of nitrogens with one attached hydrogen (secondary N) is 3. The van der Waals surface area contributed by atoms with Gasteiger partial charge in [0.1, 0.15) is 0 Å². The van der Waals surface area contributed by atoms with Crippen LogP contribution in [0.25, 0.3) is 11.3 Å². The van der Waals surface area contributed by atoms with E-state index in [-0.39, 0.29) is 17.3 Å². The summed E-state index contributed by atoms with van der Waals surface area (Å²) >= 11 is 5.95. The molecule has 0 aliphatic rings. The second-order valence-electron chi connectivity index (χ2n) is 5.77. The molecule has 3 aromatic rings. The largest absolute Gasteiger partial charge is 0.478 e. The number of carbonyl (C=O) groups is 2. The van der Waals surface area contributed by atoms with Gasteiger partial charge in [-0.3, -0.25) is 4.79 Å². The van der Waals surface area contributed by atoms with E-state index in [1.54, 1.807) is 37.3 Å². The number of benzene rings is 1. The quantitative estimate of drug-likeness (QED) is 0.544. The number of aromatic amines is 2. The Morgan fingerprint density at radius 3 is 2.46 bits per heavy atom. The number of H-pyrrole nitrogens is 2. The van der Waals surface area contributed by atoms with E-state index >= 15 is 0 Å². The lowest BCUT2D eigenvalue weighted by molar-refractivity contribution is 0.0696. The topological polar surface area (TPSA) is 111 Å². The summed E-state index contributed by atoms with van der Waals surface area (Å²) < 4.78 is 0. The molecule has 26 heavy (non-hydrogen) atoms. The van der Waals surface area contributed by atoms with Crippen molar-refractivity contribution in [3.63, 3.8) is 0 Å². The SMILES string of the molecule is CCc1[nH]c(C(=O)Nc2ccc(-c3cc(C(=O)O)c(C)[nH]3)cc2)nc1Cl. The van der Waals surface area contributed by atoms with Crippen LogP contribution in [0.4, 0.5) is 5.69 Å². The third-order valence-corrected chi connectivity index (χ3v) is 4.31. The van der Waals surface area contributed by atoms with Crippen molar-refractivity contribution in [3.8, 4) is 11.3 Å². The van der Waals surface area contributed by atoms with Gasteiger partial charge in [0, 0.05) is 17.1 Å². The normalized spacial score (nSPS) is 10.7. The minimum absolute atomic E-state index is 0.155. The Morgan fingerprint density at radius 2 is 1.92 bits per heavy atom. The average molecular weight is 373 g/mol. The molecule has 7 nitrogen and oxygen atoms in total. The van der Waals surface area contributed by atoms with Gasteiger partial charge in [-0.2, -0.15) is 0 Å². The van der Waals surface area contributed by atoms with Crippen molar-refractivity contribution < 1.29 is 14.7 Å². The van der Waals surface area contributed by atoms with Gasteiger partial charge in [0.25, 0.3) is 5.91 Å². The van der Waals surface area contributed by atoms with Crippen LogP contribution in [0.3, 0.4) is 0 Å². The summed E-state index contributed by atoms with van der Waals surface area (Å²) in [5, 5.41) is 12.2. The summed E-state index contributed by atoms with van der Waals surface area (Å²) in [6, 6.07) is 8.63. The highest BCUT2D eigenvalue weighted by atomic mass is 35.5. The number of anilines is 1. The number of aromatic carboxylic acids is 1. The Bertz CT molecular complexity index is 973. The summed E-state index contributed by atoms with van der Waals surface area (Å²) in [7, 11) is 0. The Balaban J connectivity index is 1.76. The molecule has 0 aliphatic carbocycles. The molecular formula is C18H17ClN4O3. The van der Waals surface area contributed by atoms with Gasteiger partial charge < -0.3 is 20.4 Å². The van der Waals surface area contributed by atoms with Crippen LogP contribution in [0.15, 0.2) is 30.3 Å². The molecule has 0 fully saturated rings. The van der Waals surface area contributed by atoms with Gasteiger partial charge in [0.05, 0.1) is 11.3 Å². The maximum atomic E-state index is 12.2. The predicted octanol–water partition coefficient (Wildman–Crippen LogP) is 3.88. The van der Waals surface area contributed by atoms with Gasteiger partial charge in [-0.15, -0.1) is 0 Å². The first-order chi connectivity index (χ1) is 12.4. The van der Waals surface area contributed by atoms with Crippen LogP contribution in [0.5, 0.6) is 0 Å². The van der Waals surface area contributed by atoms with Crippen LogP contribution < -0.4 is 5.32 Å². The van der Waals surface area contributed by atoms with Gasteiger partial charge in [0.15, 0.2) is 11.0 Å². The molecule has 0 spiro atoms. The van der Waals surface area contributed by atoms with Crippen molar-refractivity contribution in [1.29, 1.82) is 0 Å². The predicted molar refractivity (Wildman–Crippen MR) is 98.9 cm³/mol.